The van der Waals surface area contributed by atoms with E-state index in [2.05, 4.69) is 20.8 Å². The van der Waals surface area contributed by atoms with Crippen molar-refractivity contribution in [2.45, 2.75) is 26.8 Å². The highest BCUT2D eigenvalue weighted by Gasteiger charge is 2.26. The quantitative estimate of drug-likeness (QED) is 0.526. The van der Waals surface area contributed by atoms with E-state index in [1.54, 1.807) is 0 Å². The minimum absolute atomic E-state index is 0.159. The van der Waals surface area contributed by atoms with Crippen LogP contribution in [0.1, 0.15) is 29.8 Å². The number of benzene rings is 2. The standard InChI is InChI=1S/C21H20Cl2N4O2S/c1-11(2)17(24-18(28)14-8-15(22)10-16(23)9-14)19(29)25-21-27-26-20(30-21)13-6-4-5-12(3)7-13/h4-11,17H,1-3H3,(H,24,28)(H,25,27,29). The van der Waals surface area contributed by atoms with Crippen LogP contribution in [0.3, 0.4) is 0 Å². The van der Waals surface area contributed by atoms with E-state index >= 15 is 0 Å². The lowest BCUT2D eigenvalue weighted by Crippen LogP contribution is -2.47. The Kier molecular flexibility index (Phi) is 7.07. The Balaban J connectivity index is 1.72. The minimum Gasteiger partial charge on any atom is -0.340 e. The average molecular weight is 463 g/mol. The van der Waals surface area contributed by atoms with E-state index in [0.29, 0.717) is 20.2 Å². The van der Waals surface area contributed by atoms with Crippen molar-refractivity contribution in [1.29, 1.82) is 0 Å². The summed E-state index contributed by atoms with van der Waals surface area (Å²) in [6, 6.07) is 11.6. The highest BCUT2D eigenvalue weighted by atomic mass is 35.5. The van der Waals surface area contributed by atoms with Crippen LogP contribution in [0.5, 0.6) is 0 Å². The summed E-state index contributed by atoms with van der Waals surface area (Å²) in [6.45, 7) is 5.68. The molecule has 2 amide bonds. The maximum atomic E-state index is 12.8. The van der Waals surface area contributed by atoms with Gasteiger partial charge >= 0.3 is 0 Å². The molecule has 0 radical (unpaired) electrons. The first kappa shape index (κ1) is 22.2. The molecular weight excluding hydrogens is 443 g/mol. The van der Waals surface area contributed by atoms with Crippen molar-refractivity contribution in [1.82, 2.24) is 15.5 Å². The molecule has 0 fully saturated rings. The van der Waals surface area contributed by atoms with Crippen LogP contribution in [-0.4, -0.2) is 28.1 Å². The summed E-state index contributed by atoms with van der Waals surface area (Å²) in [5.41, 5.74) is 2.32. The van der Waals surface area contributed by atoms with Crippen LogP contribution in [0.25, 0.3) is 10.6 Å². The van der Waals surface area contributed by atoms with E-state index in [1.807, 2.05) is 45.0 Å². The Labute approximate surface area is 188 Å². The van der Waals surface area contributed by atoms with E-state index in [1.165, 1.54) is 29.5 Å². The van der Waals surface area contributed by atoms with Crippen LogP contribution in [0.4, 0.5) is 5.13 Å². The number of hydrogen-bond acceptors (Lipinski definition) is 5. The zero-order valence-corrected chi connectivity index (χ0v) is 18.9. The zero-order valence-electron chi connectivity index (χ0n) is 16.6. The zero-order chi connectivity index (χ0) is 21.8. The fraction of sp³-hybridized carbons (Fsp3) is 0.238. The van der Waals surface area contributed by atoms with Crippen molar-refractivity contribution in [2.24, 2.45) is 5.92 Å². The van der Waals surface area contributed by atoms with Crippen molar-refractivity contribution in [3.8, 4) is 10.6 Å². The third kappa shape index (κ3) is 5.56. The largest absolute Gasteiger partial charge is 0.340 e. The lowest BCUT2D eigenvalue weighted by Gasteiger charge is -2.21. The summed E-state index contributed by atoms with van der Waals surface area (Å²) in [4.78, 5) is 25.4. The van der Waals surface area contributed by atoms with Crippen molar-refractivity contribution >= 4 is 51.5 Å². The first-order valence-corrected chi connectivity index (χ1v) is 10.8. The Morgan fingerprint density at radius 2 is 1.73 bits per heavy atom. The topological polar surface area (TPSA) is 84.0 Å². The average Bonchev–Trinajstić information content (AvgIpc) is 3.13. The summed E-state index contributed by atoms with van der Waals surface area (Å²) in [7, 11) is 0. The number of hydrogen-bond donors (Lipinski definition) is 2. The third-order valence-corrected chi connectivity index (χ3v) is 5.60. The van der Waals surface area contributed by atoms with E-state index in [9.17, 15) is 9.59 Å². The number of anilines is 1. The second-order valence-corrected chi connectivity index (χ2v) is 8.97. The van der Waals surface area contributed by atoms with Gasteiger partial charge in [-0.15, -0.1) is 10.2 Å². The Morgan fingerprint density at radius 3 is 2.37 bits per heavy atom. The van der Waals surface area contributed by atoms with Crippen LogP contribution in [0.15, 0.2) is 42.5 Å². The molecule has 1 aromatic heterocycles. The molecule has 0 spiro atoms. The van der Waals surface area contributed by atoms with Gasteiger partial charge in [0.15, 0.2) is 0 Å². The highest BCUT2D eigenvalue weighted by Crippen LogP contribution is 2.27. The second-order valence-electron chi connectivity index (χ2n) is 7.12. The number of amides is 2. The van der Waals surface area contributed by atoms with E-state index < -0.39 is 11.9 Å². The number of aromatic nitrogens is 2. The molecule has 3 rings (SSSR count). The first-order chi connectivity index (χ1) is 14.2. The van der Waals surface area contributed by atoms with Gasteiger partial charge < -0.3 is 5.32 Å². The van der Waals surface area contributed by atoms with Crippen LogP contribution in [-0.2, 0) is 4.79 Å². The maximum Gasteiger partial charge on any atom is 0.252 e. The van der Waals surface area contributed by atoms with Gasteiger partial charge in [0.2, 0.25) is 11.0 Å². The molecule has 2 aromatic carbocycles. The molecule has 3 aromatic rings. The molecule has 6 nitrogen and oxygen atoms in total. The summed E-state index contributed by atoms with van der Waals surface area (Å²) < 4.78 is 0. The van der Waals surface area contributed by atoms with Crippen LogP contribution in [0.2, 0.25) is 10.0 Å². The van der Waals surface area contributed by atoms with Gasteiger partial charge in [-0.1, -0.05) is 72.1 Å². The molecule has 30 heavy (non-hydrogen) atoms. The molecule has 2 N–H and O–H groups in total. The predicted molar refractivity (Wildman–Crippen MR) is 121 cm³/mol. The van der Waals surface area contributed by atoms with Crippen molar-refractivity contribution in [2.75, 3.05) is 5.32 Å². The molecule has 1 atom stereocenters. The molecule has 1 unspecified atom stereocenters. The minimum atomic E-state index is -0.776. The van der Waals surface area contributed by atoms with Gasteiger partial charge in [-0.25, -0.2) is 0 Å². The molecule has 0 aliphatic carbocycles. The normalized spacial score (nSPS) is 11.9. The van der Waals surface area contributed by atoms with E-state index in [-0.39, 0.29) is 17.4 Å². The van der Waals surface area contributed by atoms with Crippen LogP contribution in [0, 0.1) is 12.8 Å². The van der Waals surface area contributed by atoms with Gasteiger partial charge in [-0.05, 0) is 37.1 Å². The third-order valence-electron chi connectivity index (χ3n) is 4.28. The molecule has 0 bridgehead atoms. The predicted octanol–water partition coefficient (Wildman–Crippen LogP) is 5.21. The van der Waals surface area contributed by atoms with Crippen molar-refractivity contribution in [3.05, 3.63) is 63.6 Å². The number of nitrogens with one attached hydrogen (secondary N) is 2. The number of carbonyl (C=O) groups excluding carboxylic acids is 2. The monoisotopic (exact) mass is 462 g/mol. The van der Waals surface area contributed by atoms with Gasteiger partial charge in [0.05, 0.1) is 0 Å². The molecular formula is C21H20Cl2N4O2S. The van der Waals surface area contributed by atoms with Crippen LogP contribution < -0.4 is 10.6 Å². The molecule has 1 heterocycles. The van der Waals surface area contributed by atoms with Crippen LogP contribution >= 0.6 is 34.5 Å². The van der Waals surface area contributed by atoms with Gasteiger partial charge in [0, 0.05) is 21.2 Å². The Morgan fingerprint density at radius 1 is 1.03 bits per heavy atom. The smallest absolute Gasteiger partial charge is 0.252 e. The second kappa shape index (κ2) is 9.55. The molecule has 9 heteroatoms. The van der Waals surface area contributed by atoms with Gasteiger partial charge in [0.1, 0.15) is 11.0 Å². The van der Waals surface area contributed by atoms with Crippen molar-refractivity contribution in [3.63, 3.8) is 0 Å². The molecule has 0 saturated carbocycles. The molecule has 0 saturated heterocycles. The van der Waals surface area contributed by atoms with Gasteiger partial charge in [0.25, 0.3) is 5.91 Å². The Hall–Kier alpha value is -2.48. The van der Waals surface area contributed by atoms with Gasteiger partial charge in [-0.3, -0.25) is 14.9 Å². The molecule has 156 valence electrons. The summed E-state index contributed by atoms with van der Waals surface area (Å²) in [5.74, 6) is -0.975. The number of nitrogens with zero attached hydrogens (tertiary/aromatic N) is 2. The fourth-order valence-electron chi connectivity index (χ4n) is 2.80. The highest BCUT2D eigenvalue weighted by molar-refractivity contribution is 7.18. The summed E-state index contributed by atoms with van der Waals surface area (Å²) >= 11 is 13.2. The summed E-state index contributed by atoms with van der Waals surface area (Å²) in [6.07, 6.45) is 0. The van der Waals surface area contributed by atoms with E-state index in [0.717, 1.165) is 11.1 Å². The van der Waals surface area contributed by atoms with E-state index in [4.69, 9.17) is 23.2 Å². The number of halogens is 2. The number of carbonyl (C=O) groups is 2. The molecule has 0 aliphatic rings. The Bertz CT molecular complexity index is 1060. The number of rotatable bonds is 6. The fourth-order valence-corrected chi connectivity index (χ4v) is 4.07. The SMILES string of the molecule is Cc1cccc(-c2nnc(NC(=O)C(NC(=O)c3cc(Cl)cc(Cl)c3)C(C)C)s2)c1. The lowest BCUT2D eigenvalue weighted by molar-refractivity contribution is -0.118. The maximum absolute atomic E-state index is 12.8. The molecule has 0 aliphatic heterocycles. The summed E-state index contributed by atoms with van der Waals surface area (Å²) in [5, 5.41) is 15.4. The first-order valence-electron chi connectivity index (χ1n) is 9.21. The lowest BCUT2D eigenvalue weighted by atomic mass is 10.0. The van der Waals surface area contributed by atoms with Crippen molar-refractivity contribution < 1.29 is 9.59 Å². The van der Waals surface area contributed by atoms with Gasteiger partial charge in [-0.2, -0.15) is 0 Å². The number of aryl methyl sites for hydroxylation is 1.